The molecule has 9 heteroatoms. The first-order valence-electron chi connectivity index (χ1n) is 2.75. The number of rotatable bonds is 6. The summed E-state index contributed by atoms with van der Waals surface area (Å²) in [5, 5.41) is 21.2. The van der Waals surface area contributed by atoms with E-state index in [2.05, 4.69) is 14.7 Å². The monoisotopic (exact) mass is 408 g/mol. The summed E-state index contributed by atoms with van der Waals surface area (Å²) < 4.78 is -0.295. The topological polar surface area (TPSA) is 82.7 Å². The van der Waals surface area contributed by atoms with Crippen LogP contribution in [0.25, 0.3) is 0 Å². The molecule has 76 valence electrons. The summed E-state index contributed by atoms with van der Waals surface area (Å²) in [4.78, 5) is 12.8. The normalized spacial score (nSPS) is 17.2. The van der Waals surface area contributed by atoms with E-state index < -0.39 is 19.6 Å². The fourth-order valence-corrected chi connectivity index (χ4v) is 3.88. The summed E-state index contributed by atoms with van der Waals surface area (Å²) in [6.07, 6.45) is 0. The zero-order valence-corrected chi connectivity index (χ0v) is 10.8. The van der Waals surface area contributed by atoms with Crippen molar-refractivity contribution in [3.05, 3.63) is 10.4 Å². The quantitative estimate of drug-likeness (QED) is 0.140. The van der Waals surface area contributed by atoms with Gasteiger partial charge in [0.2, 0.25) is 0 Å². The van der Waals surface area contributed by atoms with E-state index in [1.165, 1.54) is 14.2 Å². The number of nitrogens with one attached hydrogen (secondary N) is 2. The Hall–Kier alpha value is 1.18. The van der Waals surface area contributed by atoms with Crippen LogP contribution in [0.1, 0.15) is 0 Å². The van der Waals surface area contributed by atoms with Gasteiger partial charge in [-0.2, -0.15) is 0 Å². The third-order valence-corrected chi connectivity index (χ3v) is 7.37. The number of hydrogen-bond acceptors (Lipinski definition) is 5. The van der Waals surface area contributed by atoms with Gasteiger partial charge >= 0.3 is 87.3 Å². The van der Waals surface area contributed by atoms with Crippen LogP contribution in [-0.2, 0) is 14.7 Å². The molecule has 2 unspecified atom stereocenters. The van der Waals surface area contributed by atoms with Crippen molar-refractivity contribution in [3.63, 3.8) is 0 Å². The zero-order valence-electron chi connectivity index (χ0n) is 6.50. The fraction of sp³-hybridized carbons (Fsp3) is 1.00. The molecule has 0 saturated heterocycles. The Kier molecular flexibility index (Phi) is 8.32. The van der Waals surface area contributed by atoms with Crippen LogP contribution >= 0.6 is 34.7 Å². The van der Waals surface area contributed by atoms with Crippen LogP contribution in [0, 0.1) is 10.4 Å². The van der Waals surface area contributed by atoms with Gasteiger partial charge in [0.25, 0.3) is 0 Å². The second-order valence-corrected chi connectivity index (χ2v) is 11.5. The van der Waals surface area contributed by atoms with Gasteiger partial charge in [0.15, 0.2) is 0 Å². The Morgan fingerprint density at radius 3 is 2.42 bits per heavy atom. The van der Waals surface area contributed by atoms with E-state index in [1.807, 2.05) is 18.6 Å². The van der Waals surface area contributed by atoms with Crippen LogP contribution in [0.3, 0.4) is 0 Å². The van der Waals surface area contributed by atoms with Crippen molar-refractivity contribution < 1.29 is 23.4 Å². The molecule has 0 aromatic heterocycles. The van der Waals surface area contributed by atoms with Crippen molar-refractivity contribution in [1.29, 1.82) is 0 Å². The van der Waals surface area contributed by atoms with Crippen molar-refractivity contribution in [2.45, 2.75) is 0 Å². The Balaban J connectivity index is 3.62. The minimum atomic E-state index is -2.05. The van der Waals surface area contributed by atoms with E-state index in [0.29, 0.717) is 0 Å². The molecule has 0 aliphatic heterocycles. The van der Waals surface area contributed by atoms with Crippen LogP contribution in [0.5, 0.6) is 0 Å². The summed E-state index contributed by atoms with van der Waals surface area (Å²) in [6, 6.07) is 0. The Morgan fingerprint density at radius 1 is 1.42 bits per heavy atom. The van der Waals surface area contributed by atoms with Gasteiger partial charge in [-0.15, -0.1) is 0 Å². The van der Waals surface area contributed by atoms with Gasteiger partial charge in [0, 0.05) is 0 Å². The fourth-order valence-electron chi connectivity index (χ4n) is 0.305. The predicted molar refractivity (Wildman–Crippen MR) is 56.7 cm³/mol. The number of halogens is 2. The second kappa shape index (κ2) is 7.57. The van der Waals surface area contributed by atoms with E-state index in [4.69, 9.17) is 0 Å². The third kappa shape index (κ3) is 5.76. The molecule has 2 N–H and O–H groups in total. The molecule has 0 heterocycles. The average Bonchev–Trinajstić information content (AvgIpc) is 2.04. The molecule has 0 saturated carbocycles. The summed E-state index contributed by atoms with van der Waals surface area (Å²) in [5.74, 6) is 0. The van der Waals surface area contributed by atoms with Gasteiger partial charge in [-0.3, -0.25) is 0 Å². The number of quaternary nitrogens is 2. The molecule has 0 aliphatic carbocycles. The predicted octanol–water partition coefficient (Wildman–Crippen LogP) is -1.46. The second-order valence-electron chi connectivity index (χ2n) is 1.50. The summed E-state index contributed by atoms with van der Waals surface area (Å²) >= 11 is -0.117. The standard InChI is InChI=1S/C3H10I2N2O5/c1-10-6(8)3-5(4)7(9)12-11-2/h6-7H,3H2,1-2H3. The van der Waals surface area contributed by atoms with Crippen LogP contribution in [0.15, 0.2) is 0 Å². The molecular weight excluding hydrogens is 398 g/mol. The average molecular weight is 408 g/mol. The van der Waals surface area contributed by atoms with Gasteiger partial charge in [-0.25, -0.2) is 0 Å². The molecule has 0 amide bonds. The molecule has 12 heavy (non-hydrogen) atoms. The van der Waals surface area contributed by atoms with E-state index in [-0.39, 0.29) is 9.78 Å². The summed E-state index contributed by atoms with van der Waals surface area (Å²) in [5.41, 5.74) is 0. The molecule has 0 aliphatic rings. The van der Waals surface area contributed by atoms with E-state index in [9.17, 15) is 10.4 Å². The summed E-state index contributed by atoms with van der Waals surface area (Å²) in [7, 11) is 2.53. The summed E-state index contributed by atoms with van der Waals surface area (Å²) in [6.45, 7) is 0. The van der Waals surface area contributed by atoms with Gasteiger partial charge in [0.05, 0.1) is 0 Å². The molecule has 7 nitrogen and oxygen atoms in total. The maximum absolute atomic E-state index is 10.9. The Labute approximate surface area is 86.8 Å². The zero-order chi connectivity index (χ0) is 9.56. The Bertz CT molecular complexity index is 119. The van der Waals surface area contributed by atoms with E-state index >= 15 is 0 Å². The Morgan fingerprint density at radius 2 is 2.00 bits per heavy atom. The first-order chi connectivity index (χ1) is 5.61. The molecule has 2 atom stereocenters. The first-order valence-corrected chi connectivity index (χ1v) is 11.6. The molecule has 0 fully saturated rings. The number of hydroxylamine groups is 2. The van der Waals surface area contributed by atoms with Crippen LogP contribution in [0.2, 0.25) is 0 Å². The molecule has 0 spiro atoms. The first kappa shape index (κ1) is 13.2. The molecule has 0 radical (unpaired) electrons. The van der Waals surface area contributed by atoms with Crippen molar-refractivity contribution in [2.75, 3.05) is 18.8 Å². The van der Waals surface area contributed by atoms with E-state index in [1.54, 1.807) is 0 Å². The molecule has 0 bridgehead atoms. The number of alkyl halides is 1. The molecule has 0 aromatic rings. The van der Waals surface area contributed by atoms with Gasteiger partial charge in [-0.1, -0.05) is 0 Å². The van der Waals surface area contributed by atoms with Crippen LogP contribution < -0.4 is 8.67 Å². The molecule has 0 rings (SSSR count). The number of hydrogen-bond donors (Lipinski definition) is 2. The molecule has 0 aromatic carbocycles. The van der Waals surface area contributed by atoms with Gasteiger partial charge in [-0.05, 0) is 0 Å². The van der Waals surface area contributed by atoms with Crippen LogP contribution in [-0.4, -0.2) is 18.8 Å². The van der Waals surface area contributed by atoms with Crippen molar-refractivity contribution in [3.8, 4) is 0 Å². The van der Waals surface area contributed by atoms with Crippen LogP contribution in [0.4, 0.5) is 0 Å². The van der Waals surface area contributed by atoms with Gasteiger partial charge in [0.1, 0.15) is 0 Å². The van der Waals surface area contributed by atoms with E-state index in [0.717, 1.165) is 0 Å². The molecular formula is C3H10I2N2O5. The third-order valence-electron chi connectivity index (χ3n) is 0.770. The van der Waals surface area contributed by atoms with Crippen molar-refractivity contribution in [2.24, 2.45) is 0 Å². The van der Waals surface area contributed by atoms with Crippen molar-refractivity contribution in [1.82, 2.24) is 0 Å². The SMILES string of the molecule is COO[NH+]([O-])I(I)C[NH+]([O-])OC. The van der Waals surface area contributed by atoms with Crippen molar-refractivity contribution >= 4 is 34.7 Å². The maximum atomic E-state index is 10.9. The minimum absolute atomic E-state index is 0.142. The van der Waals surface area contributed by atoms with Gasteiger partial charge < -0.3 is 0 Å².